The minimum atomic E-state index is 0.150. The van der Waals surface area contributed by atoms with Crippen LogP contribution in [0.4, 0.5) is 0 Å². The Morgan fingerprint density at radius 3 is 2.67 bits per heavy atom. The molecule has 0 spiro atoms. The Labute approximate surface area is 120 Å². The van der Waals surface area contributed by atoms with Crippen LogP contribution in [0.2, 0.25) is 0 Å². The van der Waals surface area contributed by atoms with Gasteiger partial charge in [0.2, 0.25) is 0 Å². The standard InChI is InChI=1S/C13H18BrN3S/c1-8-13(9(2)17(3)16-8)6-11(15)5-12-4-10(14)7-18-12/h4,7,11H,5-6,15H2,1-3H3. The van der Waals surface area contributed by atoms with Crippen LogP contribution in [0.1, 0.15) is 21.8 Å². The topological polar surface area (TPSA) is 43.8 Å². The summed E-state index contributed by atoms with van der Waals surface area (Å²) in [7, 11) is 1.98. The molecule has 2 aromatic heterocycles. The van der Waals surface area contributed by atoms with Crippen LogP contribution in [-0.4, -0.2) is 15.8 Å². The molecule has 0 bridgehead atoms. The fraction of sp³-hybridized carbons (Fsp3) is 0.462. The number of rotatable bonds is 4. The fourth-order valence-corrected chi connectivity index (χ4v) is 3.71. The molecule has 0 aliphatic heterocycles. The van der Waals surface area contributed by atoms with Gasteiger partial charge in [0, 0.05) is 33.5 Å². The number of nitrogens with two attached hydrogens (primary N) is 1. The first-order chi connectivity index (χ1) is 8.47. The van der Waals surface area contributed by atoms with E-state index < -0.39 is 0 Å². The third kappa shape index (κ3) is 3.02. The van der Waals surface area contributed by atoms with Crippen molar-refractivity contribution in [3.8, 4) is 0 Å². The fourth-order valence-electron chi connectivity index (χ4n) is 2.17. The van der Waals surface area contributed by atoms with Gasteiger partial charge >= 0.3 is 0 Å². The minimum absolute atomic E-state index is 0.150. The van der Waals surface area contributed by atoms with Gasteiger partial charge in [-0.1, -0.05) is 0 Å². The molecular weight excluding hydrogens is 310 g/mol. The van der Waals surface area contributed by atoms with E-state index in [4.69, 9.17) is 5.73 Å². The van der Waals surface area contributed by atoms with Crippen molar-refractivity contribution in [2.24, 2.45) is 12.8 Å². The zero-order valence-electron chi connectivity index (χ0n) is 10.9. The monoisotopic (exact) mass is 327 g/mol. The summed E-state index contributed by atoms with van der Waals surface area (Å²) in [6, 6.07) is 2.30. The predicted octanol–water partition coefficient (Wildman–Crippen LogP) is 2.97. The molecule has 2 heterocycles. The minimum Gasteiger partial charge on any atom is -0.327 e. The summed E-state index contributed by atoms with van der Waals surface area (Å²) < 4.78 is 3.07. The van der Waals surface area contributed by atoms with Crippen molar-refractivity contribution >= 4 is 27.3 Å². The molecule has 98 valence electrons. The highest BCUT2D eigenvalue weighted by molar-refractivity contribution is 9.10. The van der Waals surface area contributed by atoms with E-state index in [9.17, 15) is 0 Å². The Morgan fingerprint density at radius 1 is 1.44 bits per heavy atom. The molecule has 2 rings (SSSR count). The van der Waals surface area contributed by atoms with Crippen LogP contribution in [0.3, 0.4) is 0 Å². The van der Waals surface area contributed by atoms with Crippen molar-refractivity contribution in [1.29, 1.82) is 0 Å². The summed E-state index contributed by atoms with van der Waals surface area (Å²) in [6.45, 7) is 4.15. The zero-order chi connectivity index (χ0) is 13.3. The van der Waals surface area contributed by atoms with E-state index in [1.165, 1.54) is 16.1 Å². The van der Waals surface area contributed by atoms with Gasteiger partial charge in [-0.25, -0.2) is 0 Å². The average Bonchev–Trinajstić information content (AvgIpc) is 2.78. The molecular formula is C13H18BrN3S. The Bertz CT molecular complexity index is 544. The second-order valence-corrected chi connectivity index (χ2v) is 6.58. The summed E-state index contributed by atoms with van der Waals surface area (Å²) in [4.78, 5) is 1.33. The van der Waals surface area contributed by atoms with Gasteiger partial charge in [-0.3, -0.25) is 4.68 Å². The van der Waals surface area contributed by atoms with Crippen molar-refractivity contribution in [2.45, 2.75) is 32.7 Å². The van der Waals surface area contributed by atoms with Crippen LogP contribution in [0.5, 0.6) is 0 Å². The Balaban J connectivity index is 2.05. The van der Waals surface area contributed by atoms with Crippen molar-refractivity contribution < 1.29 is 0 Å². The highest BCUT2D eigenvalue weighted by atomic mass is 79.9. The number of hydrogen-bond acceptors (Lipinski definition) is 3. The lowest BCUT2D eigenvalue weighted by atomic mass is 10.0. The van der Waals surface area contributed by atoms with E-state index in [-0.39, 0.29) is 6.04 Å². The largest absolute Gasteiger partial charge is 0.327 e. The summed E-state index contributed by atoms with van der Waals surface area (Å²) in [5.74, 6) is 0. The number of hydrogen-bond donors (Lipinski definition) is 1. The molecule has 0 fully saturated rings. The van der Waals surface area contributed by atoms with Gasteiger partial charge in [0.25, 0.3) is 0 Å². The number of aryl methyl sites for hydroxylation is 2. The number of aromatic nitrogens is 2. The SMILES string of the molecule is Cc1nn(C)c(C)c1CC(N)Cc1cc(Br)cs1. The number of nitrogens with zero attached hydrogens (tertiary/aromatic N) is 2. The van der Waals surface area contributed by atoms with Crippen molar-refractivity contribution in [2.75, 3.05) is 0 Å². The van der Waals surface area contributed by atoms with Gasteiger partial charge in [0.1, 0.15) is 0 Å². The average molecular weight is 328 g/mol. The molecule has 3 nitrogen and oxygen atoms in total. The lowest BCUT2D eigenvalue weighted by Gasteiger charge is -2.10. The zero-order valence-corrected chi connectivity index (χ0v) is 13.3. The van der Waals surface area contributed by atoms with Crippen molar-refractivity contribution in [3.05, 3.63) is 37.7 Å². The van der Waals surface area contributed by atoms with Gasteiger partial charge in [0.05, 0.1) is 5.69 Å². The highest BCUT2D eigenvalue weighted by Crippen LogP contribution is 2.22. The molecule has 0 amide bonds. The molecule has 0 radical (unpaired) electrons. The lowest BCUT2D eigenvalue weighted by Crippen LogP contribution is -2.25. The number of halogens is 1. The molecule has 0 saturated heterocycles. The van der Waals surface area contributed by atoms with Crippen molar-refractivity contribution in [1.82, 2.24) is 9.78 Å². The van der Waals surface area contributed by atoms with E-state index in [1.54, 1.807) is 11.3 Å². The molecule has 2 N–H and O–H groups in total. The van der Waals surface area contributed by atoms with Crippen LogP contribution in [0, 0.1) is 13.8 Å². The Morgan fingerprint density at radius 2 is 2.17 bits per heavy atom. The molecule has 1 atom stereocenters. The first kappa shape index (κ1) is 13.8. The summed E-state index contributed by atoms with van der Waals surface area (Å²) in [5.41, 5.74) is 9.85. The van der Waals surface area contributed by atoms with Gasteiger partial charge in [-0.05, 0) is 54.2 Å². The second kappa shape index (κ2) is 5.55. The number of thiophene rings is 1. The Hall–Kier alpha value is -0.650. The molecule has 18 heavy (non-hydrogen) atoms. The van der Waals surface area contributed by atoms with E-state index in [0.29, 0.717) is 0 Å². The van der Waals surface area contributed by atoms with Crippen LogP contribution in [-0.2, 0) is 19.9 Å². The van der Waals surface area contributed by atoms with Crippen molar-refractivity contribution in [3.63, 3.8) is 0 Å². The van der Waals surface area contributed by atoms with Crippen LogP contribution in [0.25, 0.3) is 0 Å². The first-order valence-electron chi connectivity index (χ1n) is 5.95. The summed E-state index contributed by atoms with van der Waals surface area (Å²) in [6.07, 6.45) is 1.81. The summed E-state index contributed by atoms with van der Waals surface area (Å²) in [5, 5.41) is 6.53. The van der Waals surface area contributed by atoms with Gasteiger partial charge < -0.3 is 5.73 Å². The normalized spacial score (nSPS) is 12.9. The Kier molecular flexibility index (Phi) is 4.25. The third-order valence-electron chi connectivity index (χ3n) is 3.21. The maximum absolute atomic E-state index is 6.25. The van der Waals surface area contributed by atoms with Gasteiger partial charge in [0.15, 0.2) is 0 Å². The molecule has 0 aliphatic rings. The third-order valence-corrected chi connectivity index (χ3v) is 4.93. The van der Waals surface area contributed by atoms with E-state index in [2.05, 4.69) is 46.3 Å². The first-order valence-corrected chi connectivity index (χ1v) is 7.62. The second-order valence-electron chi connectivity index (χ2n) is 4.67. The smallest absolute Gasteiger partial charge is 0.0628 e. The van der Waals surface area contributed by atoms with Crippen LogP contribution >= 0.6 is 27.3 Å². The van der Waals surface area contributed by atoms with E-state index >= 15 is 0 Å². The van der Waals surface area contributed by atoms with E-state index in [1.807, 2.05) is 11.7 Å². The maximum atomic E-state index is 6.25. The van der Waals surface area contributed by atoms with Gasteiger partial charge in [-0.2, -0.15) is 5.10 Å². The maximum Gasteiger partial charge on any atom is 0.0628 e. The highest BCUT2D eigenvalue weighted by Gasteiger charge is 2.14. The quantitative estimate of drug-likeness (QED) is 0.938. The molecule has 2 aromatic rings. The van der Waals surface area contributed by atoms with Gasteiger partial charge in [-0.15, -0.1) is 11.3 Å². The molecule has 0 aromatic carbocycles. The lowest BCUT2D eigenvalue weighted by molar-refractivity contribution is 0.664. The summed E-state index contributed by atoms with van der Waals surface area (Å²) >= 11 is 5.23. The molecule has 0 aliphatic carbocycles. The van der Waals surface area contributed by atoms with Crippen LogP contribution in [0.15, 0.2) is 15.9 Å². The predicted molar refractivity (Wildman–Crippen MR) is 80.1 cm³/mol. The molecule has 5 heteroatoms. The molecule has 0 saturated carbocycles. The molecule has 1 unspecified atom stereocenters. The van der Waals surface area contributed by atoms with Crippen LogP contribution < -0.4 is 5.73 Å². The van der Waals surface area contributed by atoms with E-state index in [0.717, 1.165) is 23.0 Å².